The van der Waals surface area contributed by atoms with Crippen LogP contribution >= 0.6 is 22.9 Å². The first-order valence-corrected chi connectivity index (χ1v) is 10.5. The molecular weight excluding hydrogens is 408 g/mol. The lowest BCUT2D eigenvalue weighted by molar-refractivity contribution is -0.119. The van der Waals surface area contributed by atoms with Crippen LogP contribution in [0.25, 0.3) is 21.1 Å². The number of benzene rings is 2. The maximum absolute atomic E-state index is 13.1. The fraction of sp³-hybridized carbons (Fsp3) is 0.190. The summed E-state index contributed by atoms with van der Waals surface area (Å²) in [5.74, 6) is -0.381. The molecule has 6 nitrogen and oxygen atoms in total. The number of nitrogens with one attached hydrogen (secondary N) is 2. The van der Waals surface area contributed by atoms with Crippen LogP contribution in [0.5, 0.6) is 0 Å². The average molecular weight is 425 g/mol. The van der Waals surface area contributed by atoms with Crippen LogP contribution in [0.15, 0.2) is 48.5 Å². The van der Waals surface area contributed by atoms with Gasteiger partial charge in [0, 0.05) is 22.5 Å². The molecule has 1 aliphatic rings. The molecule has 146 valence electrons. The Morgan fingerprint density at radius 3 is 2.93 bits per heavy atom. The van der Waals surface area contributed by atoms with Crippen molar-refractivity contribution in [3.63, 3.8) is 0 Å². The summed E-state index contributed by atoms with van der Waals surface area (Å²) in [6.45, 7) is 0.548. The second kappa shape index (κ2) is 7.17. The van der Waals surface area contributed by atoms with Crippen molar-refractivity contribution in [1.82, 2.24) is 14.9 Å². The molecule has 1 aliphatic heterocycles. The molecule has 2 aromatic heterocycles. The summed E-state index contributed by atoms with van der Waals surface area (Å²) in [5.41, 5.74) is 2.11. The van der Waals surface area contributed by atoms with Gasteiger partial charge in [0.05, 0.1) is 10.2 Å². The summed E-state index contributed by atoms with van der Waals surface area (Å²) < 4.78 is 1.01. The number of para-hydroxylation sites is 1. The highest BCUT2D eigenvalue weighted by molar-refractivity contribution is 7.22. The SMILES string of the molecule is O=C(Nc1nc2ccccc2s1)C1CCCN1C(=O)c1cc2ccc(Cl)cc2[nH]1. The molecule has 1 atom stereocenters. The molecule has 8 heteroatoms. The predicted octanol–water partition coefficient (Wildman–Crippen LogP) is 4.67. The first kappa shape index (κ1) is 18.1. The van der Waals surface area contributed by atoms with E-state index in [9.17, 15) is 9.59 Å². The number of hydrogen-bond donors (Lipinski definition) is 2. The van der Waals surface area contributed by atoms with E-state index in [2.05, 4.69) is 15.3 Å². The van der Waals surface area contributed by atoms with Crippen molar-refractivity contribution >= 4 is 61.0 Å². The number of amides is 2. The lowest BCUT2D eigenvalue weighted by atomic mass is 10.2. The maximum Gasteiger partial charge on any atom is 0.270 e. The van der Waals surface area contributed by atoms with Crippen LogP contribution in [0, 0.1) is 0 Å². The van der Waals surface area contributed by atoms with Gasteiger partial charge in [-0.15, -0.1) is 0 Å². The molecule has 0 aliphatic carbocycles. The van der Waals surface area contributed by atoms with E-state index < -0.39 is 6.04 Å². The van der Waals surface area contributed by atoms with Crippen molar-refractivity contribution in [2.75, 3.05) is 11.9 Å². The van der Waals surface area contributed by atoms with E-state index in [4.69, 9.17) is 11.6 Å². The molecule has 1 unspecified atom stereocenters. The Morgan fingerprint density at radius 1 is 1.21 bits per heavy atom. The zero-order valence-electron chi connectivity index (χ0n) is 15.3. The third-order valence-corrected chi connectivity index (χ3v) is 6.34. The number of rotatable bonds is 3. The van der Waals surface area contributed by atoms with E-state index in [1.807, 2.05) is 30.3 Å². The first-order valence-electron chi connectivity index (χ1n) is 9.34. The second-order valence-corrected chi connectivity index (χ2v) is 8.51. The van der Waals surface area contributed by atoms with Crippen molar-refractivity contribution in [3.05, 3.63) is 59.2 Å². The number of aromatic nitrogens is 2. The third-order valence-electron chi connectivity index (χ3n) is 5.16. The molecule has 2 N–H and O–H groups in total. The summed E-state index contributed by atoms with van der Waals surface area (Å²) in [5, 5.41) is 4.96. The van der Waals surface area contributed by atoms with Crippen LogP contribution in [0.1, 0.15) is 23.3 Å². The van der Waals surface area contributed by atoms with Gasteiger partial charge in [-0.05, 0) is 43.2 Å². The molecule has 1 fully saturated rings. The fourth-order valence-corrected chi connectivity index (χ4v) is 4.81. The van der Waals surface area contributed by atoms with Crippen molar-refractivity contribution in [1.29, 1.82) is 0 Å². The minimum absolute atomic E-state index is 0.181. The Balaban J connectivity index is 1.36. The van der Waals surface area contributed by atoms with Gasteiger partial charge in [0.1, 0.15) is 11.7 Å². The number of anilines is 1. The van der Waals surface area contributed by atoms with Crippen LogP contribution in [0.3, 0.4) is 0 Å². The van der Waals surface area contributed by atoms with Gasteiger partial charge in [0.2, 0.25) is 5.91 Å². The highest BCUT2D eigenvalue weighted by Crippen LogP contribution is 2.28. The molecule has 0 radical (unpaired) electrons. The van der Waals surface area contributed by atoms with Crippen molar-refractivity contribution in [3.8, 4) is 0 Å². The zero-order valence-corrected chi connectivity index (χ0v) is 16.9. The molecule has 5 rings (SSSR count). The molecule has 1 saturated heterocycles. The van der Waals surface area contributed by atoms with E-state index in [-0.39, 0.29) is 11.8 Å². The van der Waals surface area contributed by atoms with Crippen molar-refractivity contribution in [2.45, 2.75) is 18.9 Å². The molecule has 2 aromatic carbocycles. The van der Waals surface area contributed by atoms with Gasteiger partial charge >= 0.3 is 0 Å². The van der Waals surface area contributed by atoms with Crippen LogP contribution in [0.2, 0.25) is 5.02 Å². The van der Waals surface area contributed by atoms with E-state index in [1.54, 1.807) is 23.1 Å². The highest BCUT2D eigenvalue weighted by Gasteiger charge is 2.35. The molecule has 3 heterocycles. The molecular formula is C21H17ClN4O2S. The second-order valence-electron chi connectivity index (χ2n) is 7.05. The van der Waals surface area contributed by atoms with Gasteiger partial charge in [0.15, 0.2) is 5.13 Å². The van der Waals surface area contributed by atoms with E-state index >= 15 is 0 Å². The minimum Gasteiger partial charge on any atom is -0.350 e. The Bertz CT molecular complexity index is 1210. The van der Waals surface area contributed by atoms with Crippen LogP contribution in [-0.4, -0.2) is 39.3 Å². The molecule has 2 amide bonds. The van der Waals surface area contributed by atoms with Crippen LogP contribution in [0.4, 0.5) is 5.13 Å². The van der Waals surface area contributed by atoms with E-state index in [0.29, 0.717) is 28.8 Å². The van der Waals surface area contributed by atoms with Crippen molar-refractivity contribution < 1.29 is 9.59 Å². The number of likely N-dealkylation sites (tertiary alicyclic amines) is 1. The molecule has 0 bridgehead atoms. The smallest absolute Gasteiger partial charge is 0.270 e. The molecule has 29 heavy (non-hydrogen) atoms. The van der Waals surface area contributed by atoms with Crippen LogP contribution in [-0.2, 0) is 4.79 Å². The summed E-state index contributed by atoms with van der Waals surface area (Å²) >= 11 is 7.46. The Hall–Kier alpha value is -2.90. The highest BCUT2D eigenvalue weighted by atomic mass is 35.5. The first-order chi connectivity index (χ1) is 14.1. The van der Waals surface area contributed by atoms with E-state index in [0.717, 1.165) is 27.5 Å². The summed E-state index contributed by atoms with van der Waals surface area (Å²) in [6, 6.07) is 14.5. The maximum atomic E-state index is 13.1. The fourth-order valence-electron chi connectivity index (χ4n) is 3.77. The van der Waals surface area contributed by atoms with Gasteiger partial charge < -0.3 is 15.2 Å². The summed E-state index contributed by atoms with van der Waals surface area (Å²) in [7, 11) is 0. The number of hydrogen-bond acceptors (Lipinski definition) is 4. The number of nitrogens with zero attached hydrogens (tertiary/aromatic N) is 2. The monoisotopic (exact) mass is 424 g/mol. The standard InChI is InChI=1S/C21H17ClN4O2S/c22-13-8-7-12-10-16(23-15(12)11-13)20(28)26-9-3-5-17(26)19(27)25-21-24-14-4-1-2-6-18(14)29-21/h1-2,4,6-8,10-11,17,23H,3,5,9H2,(H,24,25,27). The number of aromatic amines is 1. The number of carbonyl (C=O) groups is 2. The summed E-state index contributed by atoms with van der Waals surface area (Å²) in [6.07, 6.45) is 1.42. The number of halogens is 1. The number of thiazole rings is 1. The van der Waals surface area contributed by atoms with Gasteiger partial charge in [0.25, 0.3) is 5.91 Å². The molecule has 0 spiro atoms. The largest absolute Gasteiger partial charge is 0.350 e. The predicted molar refractivity (Wildman–Crippen MR) is 116 cm³/mol. The Kier molecular flexibility index (Phi) is 4.49. The Morgan fingerprint density at radius 2 is 2.07 bits per heavy atom. The zero-order chi connectivity index (χ0) is 20.0. The van der Waals surface area contributed by atoms with E-state index in [1.165, 1.54) is 11.3 Å². The van der Waals surface area contributed by atoms with Gasteiger partial charge in [-0.2, -0.15) is 0 Å². The quantitative estimate of drug-likeness (QED) is 0.501. The topological polar surface area (TPSA) is 78.1 Å². The van der Waals surface area contributed by atoms with Gasteiger partial charge in [-0.3, -0.25) is 9.59 Å². The van der Waals surface area contributed by atoms with Gasteiger partial charge in [-0.25, -0.2) is 4.98 Å². The number of H-pyrrole nitrogens is 1. The average Bonchev–Trinajstić information content (AvgIpc) is 3.43. The number of fused-ring (bicyclic) bond motifs is 2. The van der Waals surface area contributed by atoms with Gasteiger partial charge in [-0.1, -0.05) is 41.1 Å². The Labute approximate surface area is 175 Å². The summed E-state index contributed by atoms with van der Waals surface area (Å²) in [4.78, 5) is 35.2. The van der Waals surface area contributed by atoms with Crippen LogP contribution < -0.4 is 5.32 Å². The lowest BCUT2D eigenvalue weighted by Crippen LogP contribution is -2.43. The minimum atomic E-state index is -0.510. The van der Waals surface area contributed by atoms with Crippen molar-refractivity contribution in [2.24, 2.45) is 0 Å². The normalized spacial score (nSPS) is 16.6. The number of carbonyl (C=O) groups excluding carboxylic acids is 2. The lowest BCUT2D eigenvalue weighted by Gasteiger charge is -2.23. The molecule has 4 aromatic rings. The molecule has 0 saturated carbocycles. The third kappa shape index (κ3) is 3.36.